The zero-order valence-electron chi connectivity index (χ0n) is 7.30. The maximum atomic E-state index is 12.8. The van der Waals surface area contributed by atoms with Gasteiger partial charge in [0.15, 0.2) is 11.6 Å². The van der Waals surface area contributed by atoms with Gasteiger partial charge < -0.3 is 10.5 Å². The van der Waals surface area contributed by atoms with Crippen molar-refractivity contribution in [1.82, 2.24) is 0 Å². The second-order valence-electron chi connectivity index (χ2n) is 3.05. The molecule has 0 fully saturated rings. The van der Waals surface area contributed by atoms with E-state index in [1.165, 1.54) is 0 Å². The average Bonchev–Trinajstić information content (AvgIpc) is 2.09. The highest BCUT2D eigenvalue weighted by Gasteiger charge is 2.20. The fourth-order valence-corrected chi connectivity index (χ4v) is 1.41. The summed E-state index contributed by atoms with van der Waals surface area (Å²) in [4.78, 5) is 0. The van der Waals surface area contributed by atoms with Crippen molar-refractivity contribution < 1.29 is 13.5 Å². The van der Waals surface area contributed by atoms with Crippen LogP contribution >= 0.6 is 12.4 Å². The number of ether oxygens (including phenoxy) is 1. The molecule has 2 nitrogen and oxygen atoms in total. The molecule has 2 rings (SSSR count). The fraction of sp³-hybridized carbons (Fsp3) is 0.333. The first-order valence-corrected chi connectivity index (χ1v) is 4.06. The lowest BCUT2D eigenvalue weighted by Gasteiger charge is -2.22. The molecule has 1 heterocycles. The van der Waals surface area contributed by atoms with Crippen LogP contribution in [0.1, 0.15) is 18.0 Å². The highest BCUT2D eigenvalue weighted by atomic mass is 35.5. The van der Waals surface area contributed by atoms with Gasteiger partial charge in [-0.3, -0.25) is 0 Å². The molecule has 2 N–H and O–H groups in total. The molecule has 1 atom stereocenters. The predicted octanol–water partition coefficient (Wildman–Crippen LogP) is 2.17. The molecule has 1 aromatic rings. The van der Waals surface area contributed by atoms with Gasteiger partial charge in [-0.25, -0.2) is 8.78 Å². The van der Waals surface area contributed by atoms with Crippen molar-refractivity contribution in [2.45, 2.75) is 12.5 Å². The Morgan fingerprint density at radius 1 is 1.29 bits per heavy atom. The number of nitrogens with two attached hydrogens (primary N) is 1. The molecule has 0 amide bonds. The van der Waals surface area contributed by atoms with Gasteiger partial charge in [0.1, 0.15) is 5.75 Å². The summed E-state index contributed by atoms with van der Waals surface area (Å²) in [5, 5.41) is 0. The lowest BCUT2D eigenvalue weighted by atomic mass is 10.0. The minimum Gasteiger partial charge on any atom is -0.493 e. The highest BCUT2D eigenvalue weighted by molar-refractivity contribution is 5.85. The first-order valence-electron chi connectivity index (χ1n) is 4.06. The van der Waals surface area contributed by atoms with Crippen LogP contribution in [0.2, 0.25) is 0 Å². The third kappa shape index (κ3) is 1.81. The Hall–Kier alpha value is -0.870. The van der Waals surface area contributed by atoms with Crippen LogP contribution < -0.4 is 10.5 Å². The Morgan fingerprint density at radius 2 is 1.93 bits per heavy atom. The predicted molar refractivity (Wildman–Crippen MR) is 50.6 cm³/mol. The molecule has 14 heavy (non-hydrogen) atoms. The van der Waals surface area contributed by atoms with E-state index in [0.29, 0.717) is 24.3 Å². The number of fused-ring (bicyclic) bond motifs is 1. The summed E-state index contributed by atoms with van der Waals surface area (Å²) in [5.74, 6) is -1.41. The topological polar surface area (TPSA) is 35.2 Å². The van der Waals surface area contributed by atoms with Crippen LogP contribution in [0.25, 0.3) is 0 Å². The molecule has 0 saturated carbocycles. The van der Waals surface area contributed by atoms with E-state index in [0.717, 1.165) is 12.1 Å². The molecule has 0 aromatic heterocycles. The summed E-state index contributed by atoms with van der Waals surface area (Å²) in [6.07, 6.45) is 0.637. The molecule has 0 aliphatic carbocycles. The van der Waals surface area contributed by atoms with Gasteiger partial charge in [-0.05, 0) is 6.07 Å². The maximum absolute atomic E-state index is 12.8. The monoisotopic (exact) mass is 221 g/mol. The smallest absolute Gasteiger partial charge is 0.162 e. The van der Waals surface area contributed by atoms with Crippen LogP contribution in [0.15, 0.2) is 12.1 Å². The van der Waals surface area contributed by atoms with Gasteiger partial charge in [0.25, 0.3) is 0 Å². The van der Waals surface area contributed by atoms with E-state index in [9.17, 15) is 8.78 Å². The molecule has 78 valence electrons. The summed E-state index contributed by atoms with van der Waals surface area (Å²) in [7, 11) is 0. The van der Waals surface area contributed by atoms with Gasteiger partial charge in [0.05, 0.1) is 6.61 Å². The van der Waals surface area contributed by atoms with Crippen molar-refractivity contribution in [2.24, 2.45) is 5.73 Å². The molecule has 1 aliphatic heterocycles. The first-order chi connectivity index (χ1) is 6.18. The van der Waals surface area contributed by atoms with Gasteiger partial charge in [0, 0.05) is 24.1 Å². The Morgan fingerprint density at radius 3 is 2.64 bits per heavy atom. The summed E-state index contributed by atoms with van der Waals surface area (Å²) in [6, 6.07) is 1.90. The van der Waals surface area contributed by atoms with Crippen molar-refractivity contribution in [2.75, 3.05) is 6.61 Å². The minimum absolute atomic E-state index is 0. The fourth-order valence-electron chi connectivity index (χ4n) is 1.41. The molecule has 1 aliphatic rings. The normalized spacial score (nSPS) is 19.2. The molecule has 5 heteroatoms. The van der Waals surface area contributed by atoms with Gasteiger partial charge in [0.2, 0.25) is 0 Å². The van der Waals surface area contributed by atoms with E-state index < -0.39 is 11.6 Å². The van der Waals surface area contributed by atoms with Crippen LogP contribution in [-0.2, 0) is 0 Å². The summed E-state index contributed by atoms with van der Waals surface area (Å²) >= 11 is 0. The standard InChI is InChI=1S/C9H9F2NO.ClH/c10-6-3-5-8(12)1-2-13-9(5)4-7(6)11;/h3-4,8H,1-2,12H2;1H/t8-;/m0./s1. The van der Waals surface area contributed by atoms with Crippen molar-refractivity contribution in [3.05, 3.63) is 29.3 Å². The van der Waals surface area contributed by atoms with Crippen LogP contribution in [0.3, 0.4) is 0 Å². The van der Waals surface area contributed by atoms with Crippen molar-refractivity contribution in [3.8, 4) is 5.75 Å². The van der Waals surface area contributed by atoms with Crippen molar-refractivity contribution >= 4 is 12.4 Å². The lowest BCUT2D eigenvalue weighted by Crippen LogP contribution is -2.21. The maximum Gasteiger partial charge on any atom is 0.162 e. The van der Waals surface area contributed by atoms with Gasteiger partial charge in [-0.1, -0.05) is 0 Å². The molecule has 0 radical (unpaired) electrons. The summed E-state index contributed by atoms with van der Waals surface area (Å²) in [6.45, 7) is 0.458. The number of rotatable bonds is 0. The van der Waals surface area contributed by atoms with E-state index in [4.69, 9.17) is 10.5 Å². The largest absolute Gasteiger partial charge is 0.493 e. The average molecular weight is 222 g/mol. The second-order valence-corrected chi connectivity index (χ2v) is 3.05. The molecule has 0 unspecified atom stereocenters. The molecule has 0 spiro atoms. The van der Waals surface area contributed by atoms with Gasteiger partial charge in [-0.2, -0.15) is 0 Å². The Balaban J connectivity index is 0.000000980. The van der Waals surface area contributed by atoms with Crippen molar-refractivity contribution in [3.63, 3.8) is 0 Å². The molecule has 0 bridgehead atoms. The van der Waals surface area contributed by atoms with Crippen molar-refractivity contribution in [1.29, 1.82) is 0 Å². The Bertz CT molecular complexity index is 346. The Labute approximate surface area is 86.5 Å². The van der Waals surface area contributed by atoms with E-state index in [-0.39, 0.29) is 18.4 Å². The first kappa shape index (κ1) is 11.2. The third-order valence-electron chi connectivity index (χ3n) is 2.14. The quantitative estimate of drug-likeness (QED) is 0.729. The minimum atomic E-state index is -0.896. The van der Waals surface area contributed by atoms with E-state index in [1.807, 2.05) is 0 Å². The second kappa shape index (κ2) is 4.11. The summed E-state index contributed by atoms with van der Waals surface area (Å²) in [5.41, 5.74) is 6.24. The highest BCUT2D eigenvalue weighted by Crippen LogP contribution is 2.31. The van der Waals surface area contributed by atoms with Crippen LogP contribution in [-0.4, -0.2) is 6.61 Å². The SMILES string of the molecule is Cl.N[C@H]1CCOc2cc(F)c(F)cc21. The Kier molecular flexibility index (Phi) is 3.29. The number of hydrogen-bond acceptors (Lipinski definition) is 2. The zero-order valence-corrected chi connectivity index (χ0v) is 8.11. The molecular formula is C9H10ClF2NO. The number of halogens is 3. The van der Waals surface area contributed by atoms with E-state index >= 15 is 0 Å². The van der Waals surface area contributed by atoms with Crippen LogP contribution in [0.5, 0.6) is 5.75 Å². The summed E-state index contributed by atoms with van der Waals surface area (Å²) < 4.78 is 30.7. The van der Waals surface area contributed by atoms with Crippen LogP contribution in [0.4, 0.5) is 8.78 Å². The number of benzene rings is 1. The van der Waals surface area contributed by atoms with Gasteiger partial charge >= 0.3 is 0 Å². The van der Waals surface area contributed by atoms with Gasteiger partial charge in [-0.15, -0.1) is 12.4 Å². The third-order valence-corrected chi connectivity index (χ3v) is 2.14. The van der Waals surface area contributed by atoms with Crippen LogP contribution in [0, 0.1) is 11.6 Å². The molecular weight excluding hydrogens is 212 g/mol. The molecule has 0 saturated heterocycles. The lowest BCUT2D eigenvalue weighted by molar-refractivity contribution is 0.265. The zero-order chi connectivity index (χ0) is 9.42. The van der Waals surface area contributed by atoms with E-state index in [2.05, 4.69) is 0 Å². The number of hydrogen-bond donors (Lipinski definition) is 1. The van der Waals surface area contributed by atoms with E-state index in [1.54, 1.807) is 0 Å². The molecule has 1 aromatic carbocycles.